The third-order valence-corrected chi connectivity index (χ3v) is 2.83. The Morgan fingerprint density at radius 3 is 2.22 bits per heavy atom. The van der Waals surface area contributed by atoms with Crippen molar-refractivity contribution in [2.75, 3.05) is 7.11 Å². The molecule has 2 aromatic rings. The maximum Gasteiger partial charge on any atom is 0.162 e. The average molecular weight is 242 g/mol. The van der Waals surface area contributed by atoms with Crippen LogP contribution in [0.3, 0.4) is 0 Å². The fourth-order valence-electron chi connectivity index (χ4n) is 1.96. The second-order valence-electron chi connectivity index (χ2n) is 5.21. The molecule has 0 bridgehead atoms. The Labute approximate surface area is 108 Å². The van der Waals surface area contributed by atoms with Gasteiger partial charge in [0.2, 0.25) is 0 Å². The highest BCUT2D eigenvalue weighted by Gasteiger charge is 2.21. The molecule has 3 nitrogen and oxygen atoms in total. The third kappa shape index (κ3) is 2.35. The van der Waals surface area contributed by atoms with Crippen LogP contribution in [0.25, 0.3) is 11.4 Å². The number of methoxy groups -OCH3 is 1. The van der Waals surface area contributed by atoms with E-state index in [1.165, 1.54) is 0 Å². The monoisotopic (exact) mass is 242 g/mol. The van der Waals surface area contributed by atoms with Gasteiger partial charge in [-0.25, -0.2) is 9.97 Å². The highest BCUT2D eigenvalue weighted by atomic mass is 16.5. The Bertz CT molecular complexity index is 530. The van der Waals surface area contributed by atoms with Crippen molar-refractivity contribution < 1.29 is 4.74 Å². The summed E-state index contributed by atoms with van der Waals surface area (Å²) >= 11 is 0. The van der Waals surface area contributed by atoms with Crippen molar-refractivity contribution in [3.8, 4) is 17.1 Å². The highest BCUT2D eigenvalue weighted by molar-refractivity contribution is 5.67. The van der Waals surface area contributed by atoms with E-state index in [0.29, 0.717) is 5.82 Å². The molecule has 0 N–H and O–H groups in total. The van der Waals surface area contributed by atoms with E-state index in [2.05, 4.69) is 36.8 Å². The summed E-state index contributed by atoms with van der Waals surface area (Å²) in [6, 6.07) is 7.91. The standard InChI is InChI=1S/C15H18N2O/c1-15(2,3)12-8-5-7-11(13(12)18-4)14-16-9-6-10-17-14/h5-10H,1-4H3. The van der Waals surface area contributed by atoms with Crippen LogP contribution in [0.1, 0.15) is 26.3 Å². The first kappa shape index (κ1) is 12.6. The molecule has 0 radical (unpaired) electrons. The molecule has 0 atom stereocenters. The van der Waals surface area contributed by atoms with Crippen LogP contribution in [0.5, 0.6) is 5.75 Å². The zero-order chi connectivity index (χ0) is 13.2. The topological polar surface area (TPSA) is 35.0 Å². The molecular weight excluding hydrogens is 224 g/mol. The lowest BCUT2D eigenvalue weighted by Crippen LogP contribution is -2.13. The van der Waals surface area contributed by atoms with Crippen molar-refractivity contribution in [2.24, 2.45) is 0 Å². The van der Waals surface area contributed by atoms with Gasteiger partial charge in [0.15, 0.2) is 5.82 Å². The van der Waals surface area contributed by atoms with Crippen LogP contribution in [-0.2, 0) is 5.41 Å². The van der Waals surface area contributed by atoms with Crippen LogP contribution in [0.15, 0.2) is 36.7 Å². The SMILES string of the molecule is COc1c(-c2ncccn2)cccc1C(C)(C)C. The van der Waals surface area contributed by atoms with Crippen molar-refractivity contribution in [3.63, 3.8) is 0 Å². The fraction of sp³-hybridized carbons (Fsp3) is 0.333. The highest BCUT2D eigenvalue weighted by Crippen LogP contribution is 2.37. The summed E-state index contributed by atoms with van der Waals surface area (Å²) in [5.41, 5.74) is 2.12. The van der Waals surface area contributed by atoms with Gasteiger partial charge in [-0.2, -0.15) is 0 Å². The van der Waals surface area contributed by atoms with Crippen LogP contribution in [0.4, 0.5) is 0 Å². The lowest BCUT2D eigenvalue weighted by Gasteiger charge is -2.23. The maximum absolute atomic E-state index is 5.58. The first-order chi connectivity index (χ1) is 8.54. The zero-order valence-electron chi connectivity index (χ0n) is 11.3. The Morgan fingerprint density at radius 2 is 1.67 bits per heavy atom. The van der Waals surface area contributed by atoms with Crippen LogP contribution < -0.4 is 4.74 Å². The molecule has 3 heteroatoms. The van der Waals surface area contributed by atoms with Gasteiger partial charge in [-0.05, 0) is 17.5 Å². The van der Waals surface area contributed by atoms with Gasteiger partial charge in [-0.1, -0.05) is 32.9 Å². The summed E-state index contributed by atoms with van der Waals surface area (Å²) < 4.78 is 5.58. The molecule has 1 heterocycles. The number of aromatic nitrogens is 2. The van der Waals surface area contributed by atoms with Crippen LogP contribution >= 0.6 is 0 Å². The van der Waals surface area contributed by atoms with Gasteiger partial charge in [0.05, 0.1) is 12.7 Å². The summed E-state index contributed by atoms with van der Waals surface area (Å²) in [5, 5.41) is 0. The first-order valence-corrected chi connectivity index (χ1v) is 5.99. The molecule has 18 heavy (non-hydrogen) atoms. The van der Waals surface area contributed by atoms with Crippen LogP contribution in [0.2, 0.25) is 0 Å². The number of rotatable bonds is 2. The number of para-hydroxylation sites is 1. The van der Waals surface area contributed by atoms with Crippen molar-refractivity contribution in [1.29, 1.82) is 0 Å². The number of hydrogen-bond donors (Lipinski definition) is 0. The van der Waals surface area contributed by atoms with Gasteiger partial charge in [0.25, 0.3) is 0 Å². The van der Waals surface area contributed by atoms with E-state index in [1.807, 2.05) is 18.2 Å². The normalized spacial score (nSPS) is 11.3. The Morgan fingerprint density at radius 1 is 1.00 bits per heavy atom. The van der Waals surface area contributed by atoms with E-state index >= 15 is 0 Å². The summed E-state index contributed by atoms with van der Waals surface area (Å²) in [6.07, 6.45) is 3.48. The maximum atomic E-state index is 5.58. The molecule has 2 rings (SSSR count). The van der Waals surface area contributed by atoms with Gasteiger partial charge in [0, 0.05) is 18.0 Å². The lowest BCUT2D eigenvalue weighted by molar-refractivity contribution is 0.399. The predicted octanol–water partition coefficient (Wildman–Crippen LogP) is 3.45. The molecule has 0 aliphatic heterocycles. The van der Waals surface area contributed by atoms with Gasteiger partial charge < -0.3 is 4.74 Å². The van der Waals surface area contributed by atoms with E-state index in [1.54, 1.807) is 19.5 Å². The van der Waals surface area contributed by atoms with Crippen molar-refractivity contribution >= 4 is 0 Å². The first-order valence-electron chi connectivity index (χ1n) is 5.99. The molecule has 0 aliphatic carbocycles. The fourth-order valence-corrected chi connectivity index (χ4v) is 1.96. The minimum absolute atomic E-state index is 0.0239. The smallest absolute Gasteiger partial charge is 0.162 e. The van der Waals surface area contributed by atoms with Gasteiger partial charge >= 0.3 is 0 Å². The van der Waals surface area contributed by atoms with E-state index in [-0.39, 0.29) is 5.41 Å². The molecule has 94 valence electrons. The predicted molar refractivity (Wildman–Crippen MR) is 72.7 cm³/mol. The number of ether oxygens (including phenoxy) is 1. The summed E-state index contributed by atoms with van der Waals surface area (Å²) in [6.45, 7) is 6.50. The van der Waals surface area contributed by atoms with E-state index in [4.69, 9.17) is 4.74 Å². The second kappa shape index (κ2) is 4.77. The molecular formula is C15H18N2O. The Hall–Kier alpha value is -1.90. The minimum atomic E-state index is 0.0239. The molecule has 1 aromatic heterocycles. The minimum Gasteiger partial charge on any atom is -0.496 e. The van der Waals surface area contributed by atoms with Crippen LogP contribution in [0, 0.1) is 0 Å². The number of benzene rings is 1. The van der Waals surface area contributed by atoms with E-state index in [9.17, 15) is 0 Å². The van der Waals surface area contributed by atoms with E-state index in [0.717, 1.165) is 16.9 Å². The molecule has 0 unspecified atom stereocenters. The molecule has 0 amide bonds. The summed E-state index contributed by atoms with van der Waals surface area (Å²) in [5.74, 6) is 1.55. The molecule has 0 spiro atoms. The van der Waals surface area contributed by atoms with Crippen LogP contribution in [-0.4, -0.2) is 17.1 Å². The number of nitrogens with zero attached hydrogens (tertiary/aromatic N) is 2. The van der Waals surface area contributed by atoms with Crippen molar-refractivity contribution in [1.82, 2.24) is 9.97 Å². The molecule has 0 saturated carbocycles. The molecule has 0 aliphatic rings. The van der Waals surface area contributed by atoms with E-state index < -0.39 is 0 Å². The molecule has 0 fully saturated rings. The molecule has 1 aromatic carbocycles. The zero-order valence-corrected chi connectivity index (χ0v) is 11.3. The lowest BCUT2D eigenvalue weighted by atomic mass is 9.85. The Kier molecular flexibility index (Phi) is 3.32. The van der Waals surface area contributed by atoms with Gasteiger partial charge in [-0.3, -0.25) is 0 Å². The summed E-state index contributed by atoms with van der Waals surface area (Å²) in [4.78, 5) is 8.58. The van der Waals surface area contributed by atoms with Crippen molar-refractivity contribution in [2.45, 2.75) is 26.2 Å². The van der Waals surface area contributed by atoms with Crippen molar-refractivity contribution in [3.05, 3.63) is 42.2 Å². The summed E-state index contributed by atoms with van der Waals surface area (Å²) in [7, 11) is 1.69. The third-order valence-electron chi connectivity index (χ3n) is 2.83. The van der Waals surface area contributed by atoms with Gasteiger partial charge in [0.1, 0.15) is 5.75 Å². The second-order valence-corrected chi connectivity index (χ2v) is 5.21. The number of hydrogen-bond acceptors (Lipinski definition) is 3. The average Bonchev–Trinajstić information content (AvgIpc) is 2.37. The molecule has 0 saturated heterocycles. The Balaban J connectivity index is 2.63. The largest absolute Gasteiger partial charge is 0.496 e. The quantitative estimate of drug-likeness (QED) is 0.809. The van der Waals surface area contributed by atoms with Gasteiger partial charge in [-0.15, -0.1) is 0 Å².